The lowest BCUT2D eigenvalue weighted by Gasteiger charge is -2.07. The van der Waals surface area contributed by atoms with Crippen molar-refractivity contribution in [1.29, 1.82) is 0 Å². The zero-order valence-corrected chi connectivity index (χ0v) is 6.22. The van der Waals surface area contributed by atoms with E-state index in [0.29, 0.717) is 6.42 Å². The van der Waals surface area contributed by atoms with E-state index < -0.39 is 6.16 Å². The second-order valence-electron chi connectivity index (χ2n) is 2.34. The van der Waals surface area contributed by atoms with Gasteiger partial charge in [0.15, 0.2) is 0 Å². The Hall–Kier alpha value is -0.990. The molecule has 0 aromatic carbocycles. The second-order valence-corrected chi connectivity index (χ2v) is 2.34. The summed E-state index contributed by atoms with van der Waals surface area (Å²) >= 11 is 0. The Morgan fingerprint density at radius 2 is 2.20 bits per heavy atom. The molecule has 0 aromatic rings. The number of hydrogen-bond donors (Lipinski definition) is 0. The Morgan fingerprint density at radius 1 is 1.70 bits per heavy atom. The molecule has 10 heavy (non-hydrogen) atoms. The molecule has 0 heterocycles. The predicted octanol–water partition coefficient (Wildman–Crippen LogP) is 1.91. The first kappa shape index (κ1) is 9.01. The van der Waals surface area contributed by atoms with E-state index in [0.717, 1.165) is 5.57 Å². The molecule has 0 spiro atoms. The summed E-state index contributed by atoms with van der Waals surface area (Å²) in [6.45, 7) is 7.08. The Labute approximate surface area is 60.3 Å². The first-order chi connectivity index (χ1) is 4.52. The van der Waals surface area contributed by atoms with Crippen molar-refractivity contribution < 1.29 is 14.6 Å². The van der Waals surface area contributed by atoms with Crippen LogP contribution in [-0.4, -0.2) is 12.3 Å². The molecule has 0 aliphatic rings. The van der Waals surface area contributed by atoms with Crippen LogP contribution in [0.1, 0.15) is 20.3 Å². The molecule has 57 valence electrons. The summed E-state index contributed by atoms with van der Waals surface area (Å²) in [6, 6.07) is 0. The van der Waals surface area contributed by atoms with E-state index in [1.807, 2.05) is 6.92 Å². The summed E-state index contributed by atoms with van der Waals surface area (Å²) in [5.41, 5.74) is 0.897. The van der Waals surface area contributed by atoms with Crippen molar-refractivity contribution in [3.63, 3.8) is 0 Å². The summed E-state index contributed by atoms with van der Waals surface area (Å²) in [7, 11) is 0. The number of hydrogen-bond acceptors (Lipinski definition) is 2. The lowest BCUT2D eigenvalue weighted by Crippen LogP contribution is -2.11. The minimum Gasteiger partial charge on any atom is -0.428 e. The molecule has 1 unspecified atom stereocenters. The van der Waals surface area contributed by atoms with Gasteiger partial charge in [-0.2, -0.15) is 9.90 Å². The Kier molecular flexibility index (Phi) is 3.54. The SMILES string of the molecule is C=C(C)CC(C)OC([O])=O. The van der Waals surface area contributed by atoms with Crippen molar-refractivity contribution in [2.24, 2.45) is 0 Å². The smallest absolute Gasteiger partial charge is 0.428 e. The molecule has 0 aliphatic heterocycles. The van der Waals surface area contributed by atoms with Gasteiger partial charge in [0.05, 0.1) is 0 Å². The predicted molar refractivity (Wildman–Crippen MR) is 36.1 cm³/mol. The van der Waals surface area contributed by atoms with Gasteiger partial charge >= 0.3 is 6.16 Å². The molecule has 0 amide bonds. The topological polar surface area (TPSA) is 46.2 Å². The lowest BCUT2D eigenvalue weighted by atomic mass is 10.2. The quantitative estimate of drug-likeness (QED) is 0.447. The second kappa shape index (κ2) is 3.93. The van der Waals surface area contributed by atoms with Gasteiger partial charge in [-0.15, -0.1) is 6.58 Å². The molecular weight excluding hydrogens is 132 g/mol. The van der Waals surface area contributed by atoms with Crippen LogP contribution < -0.4 is 0 Å². The minimum atomic E-state index is -1.48. The zero-order valence-electron chi connectivity index (χ0n) is 6.22. The molecule has 3 nitrogen and oxygen atoms in total. The van der Waals surface area contributed by atoms with Crippen molar-refractivity contribution >= 4 is 6.16 Å². The summed E-state index contributed by atoms with van der Waals surface area (Å²) in [5.74, 6) is 0. The Balaban J connectivity index is 3.53. The number of carbonyl (C=O) groups is 1. The van der Waals surface area contributed by atoms with Gasteiger partial charge in [0.2, 0.25) is 0 Å². The van der Waals surface area contributed by atoms with Gasteiger partial charge in [-0.05, 0) is 13.8 Å². The number of rotatable bonds is 3. The largest absolute Gasteiger partial charge is 0.550 e. The van der Waals surface area contributed by atoms with Crippen LogP contribution in [0.25, 0.3) is 0 Å². The van der Waals surface area contributed by atoms with E-state index >= 15 is 0 Å². The van der Waals surface area contributed by atoms with Crippen LogP contribution in [0.5, 0.6) is 0 Å². The highest BCUT2D eigenvalue weighted by molar-refractivity contribution is 5.56. The van der Waals surface area contributed by atoms with Crippen molar-refractivity contribution in [3.05, 3.63) is 12.2 Å². The molecule has 0 bridgehead atoms. The average molecular weight is 143 g/mol. The Bertz CT molecular complexity index is 124. The van der Waals surface area contributed by atoms with E-state index in [1.54, 1.807) is 6.92 Å². The molecule has 0 fully saturated rings. The van der Waals surface area contributed by atoms with Crippen LogP contribution in [0.15, 0.2) is 12.2 Å². The van der Waals surface area contributed by atoms with Crippen molar-refractivity contribution in [2.75, 3.05) is 0 Å². The van der Waals surface area contributed by atoms with Crippen molar-refractivity contribution in [2.45, 2.75) is 26.4 Å². The molecule has 0 saturated carbocycles. The van der Waals surface area contributed by atoms with Crippen LogP contribution in [-0.2, 0) is 9.84 Å². The van der Waals surface area contributed by atoms with Crippen LogP contribution in [0, 0.1) is 0 Å². The molecule has 3 heteroatoms. The summed E-state index contributed by atoms with van der Waals surface area (Å²) < 4.78 is 4.31. The van der Waals surface area contributed by atoms with Crippen molar-refractivity contribution in [1.82, 2.24) is 0 Å². The van der Waals surface area contributed by atoms with Crippen molar-refractivity contribution in [3.8, 4) is 0 Å². The molecule has 0 saturated heterocycles. The van der Waals surface area contributed by atoms with Gasteiger partial charge in [0, 0.05) is 6.42 Å². The molecule has 1 atom stereocenters. The van der Waals surface area contributed by atoms with E-state index in [9.17, 15) is 9.90 Å². The highest BCUT2D eigenvalue weighted by Crippen LogP contribution is 2.04. The van der Waals surface area contributed by atoms with Crippen LogP contribution in [0.2, 0.25) is 0 Å². The molecular formula is C7H11O3. The molecule has 0 rings (SSSR count). The van der Waals surface area contributed by atoms with E-state index in [2.05, 4.69) is 11.3 Å². The third-order valence-electron chi connectivity index (χ3n) is 0.933. The van der Waals surface area contributed by atoms with E-state index in [4.69, 9.17) is 0 Å². The Morgan fingerprint density at radius 3 is 2.50 bits per heavy atom. The van der Waals surface area contributed by atoms with Gasteiger partial charge in [-0.1, -0.05) is 5.57 Å². The van der Waals surface area contributed by atoms with Gasteiger partial charge in [0.25, 0.3) is 0 Å². The third-order valence-corrected chi connectivity index (χ3v) is 0.933. The van der Waals surface area contributed by atoms with Crippen LogP contribution in [0.4, 0.5) is 4.79 Å². The first-order valence-corrected chi connectivity index (χ1v) is 3.04. The molecule has 1 radical (unpaired) electrons. The van der Waals surface area contributed by atoms with Gasteiger partial charge < -0.3 is 4.74 Å². The fourth-order valence-corrected chi connectivity index (χ4v) is 0.697. The average Bonchev–Trinajstić information content (AvgIpc) is 1.58. The fourth-order valence-electron chi connectivity index (χ4n) is 0.697. The maximum absolute atomic E-state index is 9.83. The summed E-state index contributed by atoms with van der Waals surface area (Å²) in [6.07, 6.45) is -1.27. The molecule has 0 N–H and O–H groups in total. The van der Waals surface area contributed by atoms with Gasteiger partial charge in [0.1, 0.15) is 6.10 Å². The van der Waals surface area contributed by atoms with Gasteiger partial charge in [-0.3, -0.25) is 0 Å². The number of ether oxygens (including phenoxy) is 1. The van der Waals surface area contributed by atoms with Crippen LogP contribution in [0.3, 0.4) is 0 Å². The standard InChI is InChI=1S/C7H11O3/c1-5(2)4-6(3)10-7(8)9/h6H,1,4H2,2-3H3. The first-order valence-electron chi connectivity index (χ1n) is 3.04. The fraction of sp³-hybridized carbons (Fsp3) is 0.571. The highest BCUT2D eigenvalue weighted by Gasteiger charge is 2.07. The molecule has 0 aliphatic carbocycles. The summed E-state index contributed by atoms with van der Waals surface area (Å²) in [5, 5.41) is 9.83. The minimum absolute atomic E-state index is 0.345. The zero-order chi connectivity index (χ0) is 8.15. The third kappa shape index (κ3) is 5.15. The normalized spacial score (nSPS) is 12.2. The lowest BCUT2D eigenvalue weighted by molar-refractivity contribution is 0.0389. The van der Waals surface area contributed by atoms with Gasteiger partial charge in [-0.25, -0.2) is 0 Å². The highest BCUT2D eigenvalue weighted by atomic mass is 16.7. The van der Waals surface area contributed by atoms with E-state index in [1.165, 1.54) is 0 Å². The summed E-state index contributed by atoms with van der Waals surface area (Å²) in [4.78, 5) is 9.83. The maximum Gasteiger partial charge on any atom is 0.550 e. The van der Waals surface area contributed by atoms with Crippen LogP contribution >= 0.6 is 0 Å². The monoisotopic (exact) mass is 143 g/mol. The number of carbonyl (C=O) groups excluding carboxylic acids is 1. The maximum atomic E-state index is 9.83. The molecule has 0 aromatic heterocycles. The van der Waals surface area contributed by atoms with E-state index in [-0.39, 0.29) is 6.10 Å².